The molecule has 0 bridgehead atoms. The van der Waals surface area contributed by atoms with E-state index in [1.165, 1.54) is 0 Å². The van der Waals surface area contributed by atoms with Gasteiger partial charge in [-0.1, -0.05) is 18.5 Å². The number of aliphatic imine (C=N–C) groups is 2. The third-order valence-electron chi connectivity index (χ3n) is 2.19. The molecule has 1 aromatic carbocycles. The SMILES string of the molecule is CCCC(=O)Nc1ccc(N=C(N)N=C(N)N)cc1Cl. The lowest BCUT2D eigenvalue weighted by molar-refractivity contribution is -0.116. The van der Waals surface area contributed by atoms with E-state index in [1.54, 1.807) is 18.2 Å². The van der Waals surface area contributed by atoms with Gasteiger partial charge in [0.1, 0.15) is 0 Å². The second kappa shape index (κ2) is 7.34. The Morgan fingerprint density at radius 1 is 1.35 bits per heavy atom. The molecule has 0 aliphatic rings. The van der Waals surface area contributed by atoms with Crippen LogP contribution in [-0.2, 0) is 4.79 Å². The lowest BCUT2D eigenvalue weighted by Gasteiger charge is -2.07. The fourth-order valence-corrected chi connectivity index (χ4v) is 1.63. The molecule has 0 aliphatic heterocycles. The highest BCUT2D eigenvalue weighted by Gasteiger charge is 2.06. The van der Waals surface area contributed by atoms with Crippen molar-refractivity contribution in [3.05, 3.63) is 23.2 Å². The summed E-state index contributed by atoms with van der Waals surface area (Å²) in [5.41, 5.74) is 16.9. The first-order chi connectivity index (χ1) is 9.42. The quantitative estimate of drug-likeness (QED) is 0.492. The number of nitrogens with two attached hydrogens (primary N) is 3. The highest BCUT2D eigenvalue weighted by molar-refractivity contribution is 6.34. The fraction of sp³-hybridized carbons (Fsp3) is 0.250. The van der Waals surface area contributed by atoms with E-state index in [-0.39, 0.29) is 17.8 Å². The van der Waals surface area contributed by atoms with Crippen LogP contribution in [0.15, 0.2) is 28.2 Å². The predicted octanol–water partition coefficient (Wildman–Crippen LogP) is 1.30. The molecule has 0 heterocycles. The molecule has 0 unspecified atom stereocenters. The molecular weight excluding hydrogens is 280 g/mol. The van der Waals surface area contributed by atoms with Crippen LogP contribution in [0, 0.1) is 0 Å². The zero-order valence-corrected chi connectivity index (χ0v) is 11.8. The summed E-state index contributed by atoms with van der Waals surface area (Å²) in [5.74, 6) is -0.352. The minimum absolute atomic E-state index is 0.0798. The van der Waals surface area contributed by atoms with Crippen LogP contribution < -0.4 is 22.5 Å². The molecule has 20 heavy (non-hydrogen) atoms. The van der Waals surface area contributed by atoms with E-state index >= 15 is 0 Å². The lowest BCUT2D eigenvalue weighted by atomic mass is 10.2. The molecule has 1 rings (SSSR count). The van der Waals surface area contributed by atoms with Gasteiger partial charge in [0.2, 0.25) is 11.9 Å². The van der Waals surface area contributed by atoms with Gasteiger partial charge in [-0.25, -0.2) is 4.99 Å². The van der Waals surface area contributed by atoms with Crippen molar-refractivity contribution >= 4 is 40.8 Å². The zero-order valence-electron chi connectivity index (χ0n) is 11.1. The number of nitrogens with zero attached hydrogens (tertiary/aromatic N) is 2. The average molecular weight is 297 g/mol. The molecule has 108 valence electrons. The maximum Gasteiger partial charge on any atom is 0.224 e. The average Bonchev–Trinajstić information content (AvgIpc) is 2.32. The van der Waals surface area contributed by atoms with E-state index in [0.717, 1.165) is 6.42 Å². The van der Waals surface area contributed by atoms with Gasteiger partial charge in [0, 0.05) is 6.42 Å². The number of carbonyl (C=O) groups is 1. The van der Waals surface area contributed by atoms with E-state index in [9.17, 15) is 4.79 Å². The normalized spacial score (nSPS) is 11.0. The van der Waals surface area contributed by atoms with E-state index in [2.05, 4.69) is 15.3 Å². The van der Waals surface area contributed by atoms with Gasteiger partial charge in [-0.3, -0.25) is 4.79 Å². The molecule has 0 saturated heterocycles. The molecule has 7 nitrogen and oxygen atoms in total. The third-order valence-corrected chi connectivity index (χ3v) is 2.50. The molecule has 0 spiro atoms. The molecule has 1 amide bonds. The first-order valence-corrected chi connectivity index (χ1v) is 6.33. The summed E-state index contributed by atoms with van der Waals surface area (Å²) in [5, 5.41) is 3.06. The fourth-order valence-electron chi connectivity index (χ4n) is 1.40. The van der Waals surface area contributed by atoms with Crippen molar-refractivity contribution in [2.24, 2.45) is 27.2 Å². The summed E-state index contributed by atoms with van der Waals surface area (Å²) in [6.07, 6.45) is 1.20. The number of nitrogens with one attached hydrogen (secondary N) is 1. The Bertz CT molecular complexity index is 551. The summed E-state index contributed by atoms with van der Waals surface area (Å²) < 4.78 is 0. The number of hydrogen-bond acceptors (Lipinski definition) is 2. The number of guanidine groups is 2. The van der Waals surface area contributed by atoms with Gasteiger partial charge in [-0.15, -0.1) is 0 Å². The predicted molar refractivity (Wildman–Crippen MR) is 82.1 cm³/mol. The standard InChI is InChI=1S/C12H17ClN6O/c1-2-3-10(20)18-9-5-4-7(6-8(9)13)17-12(16)19-11(14)15/h4-6H,2-3H2,1H3,(H,18,20)(H6,14,15,16,17,19). The van der Waals surface area contributed by atoms with E-state index in [0.29, 0.717) is 22.8 Å². The Morgan fingerprint density at radius 3 is 2.60 bits per heavy atom. The molecule has 1 aromatic rings. The van der Waals surface area contributed by atoms with Gasteiger partial charge in [-0.2, -0.15) is 4.99 Å². The van der Waals surface area contributed by atoms with Crippen LogP contribution in [0.3, 0.4) is 0 Å². The summed E-state index contributed by atoms with van der Waals surface area (Å²) in [6.45, 7) is 1.92. The van der Waals surface area contributed by atoms with Crippen molar-refractivity contribution in [2.75, 3.05) is 5.32 Å². The Labute approximate surface area is 121 Å². The highest BCUT2D eigenvalue weighted by Crippen LogP contribution is 2.27. The van der Waals surface area contributed by atoms with Crippen LogP contribution >= 0.6 is 11.6 Å². The summed E-state index contributed by atoms with van der Waals surface area (Å²) in [7, 11) is 0. The molecule has 0 fully saturated rings. The molecule has 7 N–H and O–H groups in total. The van der Waals surface area contributed by atoms with Crippen molar-refractivity contribution in [2.45, 2.75) is 19.8 Å². The molecule has 0 aromatic heterocycles. The van der Waals surface area contributed by atoms with Crippen LogP contribution in [0.4, 0.5) is 11.4 Å². The van der Waals surface area contributed by atoms with Crippen molar-refractivity contribution in [3.63, 3.8) is 0 Å². The van der Waals surface area contributed by atoms with Crippen LogP contribution in [0.5, 0.6) is 0 Å². The van der Waals surface area contributed by atoms with Crippen LogP contribution in [0.1, 0.15) is 19.8 Å². The van der Waals surface area contributed by atoms with Crippen LogP contribution in [0.25, 0.3) is 0 Å². The maximum absolute atomic E-state index is 11.5. The number of carbonyl (C=O) groups excluding carboxylic acids is 1. The first-order valence-electron chi connectivity index (χ1n) is 5.95. The number of hydrogen-bond donors (Lipinski definition) is 4. The van der Waals surface area contributed by atoms with Gasteiger partial charge in [-0.05, 0) is 24.6 Å². The smallest absolute Gasteiger partial charge is 0.224 e. The number of anilines is 1. The minimum Gasteiger partial charge on any atom is -0.370 e. The monoisotopic (exact) mass is 296 g/mol. The number of benzene rings is 1. The van der Waals surface area contributed by atoms with E-state index < -0.39 is 0 Å². The van der Waals surface area contributed by atoms with Crippen LogP contribution in [-0.4, -0.2) is 17.8 Å². The maximum atomic E-state index is 11.5. The lowest BCUT2D eigenvalue weighted by Crippen LogP contribution is -2.26. The summed E-state index contributed by atoms with van der Waals surface area (Å²) >= 11 is 6.05. The third kappa shape index (κ3) is 5.15. The first kappa shape index (κ1) is 15.8. The topological polar surface area (TPSA) is 132 Å². The second-order valence-electron chi connectivity index (χ2n) is 3.97. The van der Waals surface area contributed by atoms with Gasteiger partial charge in [0.25, 0.3) is 0 Å². The Hall–Kier alpha value is -2.28. The minimum atomic E-state index is -0.180. The molecule has 0 radical (unpaired) electrons. The molecule has 0 atom stereocenters. The van der Waals surface area contributed by atoms with Crippen molar-refractivity contribution < 1.29 is 4.79 Å². The second-order valence-corrected chi connectivity index (χ2v) is 4.38. The van der Waals surface area contributed by atoms with Gasteiger partial charge in [0.15, 0.2) is 5.96 Å². The number of rotatable bonds is 4. The molecule has 0 aliphatic carbocycles. The van der Waals surface area contributed by atoms with Gasteiger partial charge < -0.3 is 22.5 Å². The van der Waals surface area contributed by atoms with Crippen molar-refractivity contribution in [1.82, 2.24) is 0 Å². The van der Waals surface area contributed by atoms with Gasteiger partial charge in [0.05, 0.1) is 16.4 Å². The van der Waals surface area contributed by atoms with E-state index in [4.69, 9.17) is 28.8 Å². The highest BCUT2D eigenvalue weighted by atomic mass is 35.5. The molecular formula is C12H17ClN6O. The van der Waals surface area contributed by atoms with Crippen molar-refractivity contribution in [3.8, 4) is 0 Å². The van der Waals surface area contributed by atoms with Gasteiger partial charge >= 0.3 is 0 Å². The Balaban J connectivity index is 2.88. The van der Waals surface area contributed by atoms with Crippen molar-refractivity contribution in [1.29, 1.82) is 0 Å². The Morgan fingerprint density at radius 2 is 2.05 bits per heavy atom. The van der Waals surface area contributed by atoms with Crippen LogP contribution in [0.2, 0.25) is 5.02 Å². The molecule has 8 heteroatoms. The molecule has 0 saturated carbocycles. The Kier molecular flexibility index (Phi) is 5.79. The number of halogens is 1. The summed E-state index contributed by atoms with van der Waals surface area (Å²) in [4.78, 5) is 19.0. The number of amides is 1. The summed E-state index contributed by atoms with van der Waals surface area (Å²) in [6, 6.07) is 4.83. The largest absolute Gasteiger partial charge is 0.370 e. The van der Waals surface area contributed by atoms with E-state index in [1.807, 2.05) is 6.92 Å². The zero-order chi connectivity index (χ0) is 15.1.